The molecule has 0 N–H and O–H groups in total. The van der Waals surface area contributed by atoms with Crippen molar-refractivity contribution in [1.29, 1.82) is 0 Å². The molecule has 0 aromatic carbocycles. The summed E-state index contributed by atoms with van der Waals surface area (Å²) < 4.78 is 23.7. The normalized spacial score (nSPS) is 11.9. The molecule has 0 heterocycles. The fourth-order valence-corrected chi connectivity index (χ4v) is 7.92. The molecule has 10 heteroatoms. The van der Waals surface area contributed by atoms with Gasteiger partial charge in [0.25, 0.3) is 5.24 Å². The number of hydrogen-bond acceptors (Lipinski definition) is 9. The predicted molar refractivity (Wildman–Crippen MR) is 259 cm³/mol. The molecule has 0 saturated heterocycles. The molecule has 0 aliphatic carbocycles. The average molecular weight is 881 g/mol. The Morgan fingerprint density at radius 1 is 0.525 bits per heavy atom. The molecule has 0 rings (SSSR count). The Kier molecular flexibility index (Phi) is 44.7. The van der Waals surface area contributed by atoms with E-state index in [0.717, 1.165) is 154 Å². The summed E-state index contributed by atoms with van der Waals surface area (Å²) in [5.41, 5.74) is 0. The fraction of sp³-hybridized carbons (Fsp3) is 0.863. The van der Waals surface area contributed by atoms with Gasteiger partial charge in [-0.1, -0.05) is 128 Å². The molecule has 358 valence electrons. The zero-order valence-electron chi connectivity index (χ0n) is 40.6. The van der Waals surface area contributed by atoms with Gasteiger partial charge in [0.15, 0.2) is 6.29 Å². The molecule has 0 fully saturated rings. The molecule has 0 aliphatic rings. The molecule has 61 heavy (non-hydrogen) atoms. The van der Waals surface area contributed by atoms with Gasteiger partial charge in [-0.05, 0) is 117 Å². The summed E-state index contributed by atoms with van der Waals surface area (Å²) in [6.07, 6.45) is 37.2. The number of thioether (sulfide) groups is 1. The Morgan fingerprint density at radius 3 is 1.61 bits per heavy atom. The smallest absolute Gasteiger partial charge is 0.306 e. The van der Waals surface area contributed by atoms with Crippen molar-refractivity contribution in [3.05, 3.63) is 24.3 Å². The number of ether oxygens (including phenoxy) is 4. The minimum Gasteiger partial charge on any atom is -0.466 e. The van der Waals surface area contributed by atoms with Gasteiger partial charge in [-0.25, -0.2) is 0 Å². The van der Waals surface area contributed by atoms with Crippen LogP contribution in [0.1, 0.15) is 214 Å². The Labute approximate surface area is 380 Å². The van der Waals surface area contributed by atoms with Crippen LogP contribution in [-0.4, -0.2) is 98.7 Å². The van der Waals surface area contributed by atoms with E-state index in [1.54, 1.807) is 0 Å². The van der Waals surface area contributed by atoms with E-state index in [1.165, 1.54) is 50.3 Å². The van der Waals surface area contributed by atoms with E-state index in [1.807, 2.05) is 19.0 Å². The van der Waals surface area contributed by atoms with Crippen LogP contribution in [0.5, 0.6) is 0 Å². The van der Waals surface area contributed by atoms with Gasteiger partial charge in [0.1, 0.15) is 6.10 Å². The van der Waals surface area contributed by atoms with Crippen molar-refractivity contribution in [2.75, 3.05) is 59.3 Å². The van der Waals surface area contributed by atoms with Crippen molar-refractivity contribution >= 4 is 28.9 Å². The quantitative estimate of drug-likeness (QED) is 0.0256. The lowest BCUT2D eigenvalue weighted by Crippen LogP contribution is -2.30. The zero-order chi connectivity index (χ0) is 44.9. The molecule has 0 bridgehead atoms. The lowest BCUT2D eigenvalue weighted by Gasteiger charge is -2.23. The van der Waals surface area contributed by atoms with Gasteiger partial charge in [-0.15, -0.1) is 0 Å². The number of amides is 1. The van der Waals surface area contributed by atoms with Crippen LogP contribution in [-0.2, 0) is 28.5 Å². The third-order valence-corrected chi connectivity index (χ3v) is 11.6. The first-order valence-corrected chi connectivity index (χ1v) is 26.2. The molecule has 9 nitrogen and oxygen atoms in total. The molecule has 0 unspecified atom stereocenters. The van der Waals surface area contributed by atoms with Gasteiger partial charge in [0.05, 0.1) is 13.0 Å². The summed E-state index contributed by atoms with van der Waals surface area (Å²) in [5.74, 6) is 0.528. The van der Waals surface area contributed by atoms with Gasteiger partial charge in [0.2, 0.25) is 0 Å². The van der Waals surface area contributed by atoms with Crippen LogP contribution >= 0.6 is 11.8 Å². The highest BCUT2D eigenvalue weighted by atomic mass is 32.2. The molecule has 0 radical (unpaired) electrons. The summed E-state index contributed by atoms with van der Waals surface area (Å²) in [6.45, 7) is 12.8. The standard InChI is InChI=1S/C51H96N2O7S/c1-7-11-15-19-23-33-44-58-50(59-45-34-24-20-16-12-8-2)39-38-48(54)57-43-32-25-21-22-30-40-53(51(56)61-46-42-52(5)6)41-31-26-29-37-49(55)60-47(35-27-17-13-9-3)36-28-18-14-10-4/h11-12,15-16,47,50H,7-10,13-14,17-46H2,1-6H3/b15-11-,16-12-. The predicted octanol–water partition coefficient (Wildman–Crippen LogP) is 14.0. The van der Waals surface area contributed by atoms with Crippen molar-refractivity contribution in [2.45, 2.75) is 226 Å². The molecule has 0 spiro atoms. The summed E-state index contributed by atoms with van der Waals surface area (Å²) in [6, 6.07) is 0. The van der Waals surface area contributed by atoms with E-state index >= 15 is 0 Å². The second-order valence-corrected chi connectivity index (χ2v) is 18.0. The molecule has 0 aromatic heterocycles. The fourth-order valence-electron chi connectivity index (χ4n) is 6.93. The van der Waals surface area contributed by atoms with Crippen molar-refractivity contribution in [2.24, 2.45) is 0 Å². The molecule has 0 aliphatic heterocycles. The van der Waals surface area contributed by atoms with E-state index in [0.29, 0.717) is 39.1 Å². The number of esters is 2. The second-order valence-electron chi connectivity index (χ2n) is 17.0. The van der Waals surface area contributed by atoms with Crippen molar-refractivity contribution < 1.29 is 33.3 Å². The first-order valence-electron chi connectivity index (χ1n) is 25.2. The number of unbranched alkanes of at least 4 members (excludes halogenated alkanes) is 16. The van der Waals surface area contributed by atoms with Gasteiger partial charge in [-0.3, -0.25) is 14.4 Å². The van der Waals surface area contributed by atoms with E-state index in [2.05, 4.69) is 56.9 Å². The highest BCUT2D eigenvalue weighted by Gasteiger charge is 2.17. The monoisotopic (exact) mass is 881 g/mol. The third-order valence-electron chi connectivity index (χ3n) is 10.8. The van der Waals surface area contributed by atoms with Crippen LogP contribution in [0, 0.1) is 0 Å². The Hall–Kier alpha value is -1.88. The summed E-state index contributed by atoms with van der Waals surface area (Å²) >= 11 is 1.41. The summed E-state index contributed by atoms with van der Waals surface area (Å²) in [7, 11) is 4.06. The van der Waals surface area contributed by atoms with E-state index in [-0.39, 0.29) is 29.6 Å². The van der Waals surface area contributed by atoms with Crippen LogP contribution < -0.4 is 0 Å². The zero-order valence-corrected chi connectivity index (χ0v) is 41.4. The number of nitrogens with zero attached hydrogens (tertiary/aromatic N) is 2. The van der Waals surface area contributed by atoms with Gasteiger partial charge in [0, 0.05) is 51.4 Å². The molecule has 0 aromatic rings. The second kappa shape index (κ2) is 46.1. The van der Waals surface area contributed by atoms with Crippen LogP contribution in [0.4, 0.5) is 4.79 Å². The first kappa shape index (κ1) is 59.1. The van der Waals surface area contributed by atoms with E-state index in [9.17, 15) is 14.4 Å². The summed E-state index contributed by atoms with van der Waals surface area (Å²) in [4.78, 5) is 42.7. The van der Waals surface area contributed by atoms with E-state index in [4.69, 9.17) is 18.9 Å². The maximum absolute atomic E-state index is 13.2. The largest absolute Gasteiger partial charge is 0.466 e. The summed E-state index contributed by atoms with van der Waals surface area (Å²) in [5, 5.41) is 0.153. The first-order chi connectivity index (χ1) is 29.8. The number of hydrogen-bond donors (Lipinski definition) is 0. The number of carbonyl (C=O) groups is 3. The van der Waals surface area contributed by atoms with Crippen LogP contribution in [0.2, 0.25) is 0 Å². The van der Waals surface area contributed by atoms with Gasteiger partial charge in [-0.2, -0.15) is 0 Å². The maximum Gasteiger partial charge on any atom is 0.306 e. The minimum absolute atomic E-state index is 0.0586. The van der Waals surface area contributed by atoms with Crippen LogP contribution in [0.3, 0.4) is 0 Å². The lowest BCUT2D eigenvalue weighted by atomic mass is 10.0. The third kappa shape index (κ3) is 41.9. The Morgan fingerprint density at radius 2 is 1.05 bits per heavy atom. The highest BCUT2D eigenvalue weighted by molar-refractivity contribution is 8.13. The maximum atomic E-state index is 13.2. The number of carbonyl (C=O) groups excluding carboxylic acids is 3. The number of rotatable bonds is 45. The van der Waals surface area contributed by atoms with Crippen LogP contribution in [0.15, 0.2) is 24.3 Å². The van der Waals surface area contributed by atoms with E-state index < -0.39 is 0 Å². The van der Waals surface area contributed by atoms with Crippen LogP contribution in [0.25, 0.3) is 0 Å². The topological polar surface area (TPSA) is 94.6 Å². The Balaban J connectivity index is 4.58. The van der Waals surface area contributed by atoms with Gasteiger partial charge >= 0.3 is 11.9 Å². The molecular weight excluding hydrogens is 785 g/mol. The molecule has 1 amide bonds. The highest BCUT2D eigenvalue weighted by Crippen LogP contribution is 2.18. The molecular formula is C51H96N2O7S. The van der Waals surface area contributed by atoms with Crippen molar-refractivity contribution in [3.63, 3.8) is 0 Å². The average Bonchev–Trinajstić information content (AvgIpc) is 3.24. The SMILES string of the molecule is CC/C=C\CCCCOC(CCC(=O)OCCCCCCCN(CCCCCC(=O)OC(CCCCCC)CCCCCC)C(=O)SCCN(C)C)OCCCC/C=C\CC. The van der Waals surface area contributed by atoms with Crippen molar-refractivity contribution in [3.8, 4) is 0 Å². The number of allylic oxidation sites excluding steroid dienone is 4. The molecule has 0 atom stereocenters. The molecule has 0 saturated carbocycles. The lowest BCUT2D eigenvalue weighted by molar-refractivity contribution is -0.159. The Bertz CT molecular complexity index is 1020. The van der Waals surface area contributed by atoms with Gasteiger partial charge < -0.3 is 28.7 Å². The van der Waals surface area contributed by atoms with Crippen molar-refractivity contribution in [1.82, 2.24) is 9.80 Å². The minimum atomic E-state index is -0.376.